The van der Waals surface area contributed by atoms with Gasteiger partial charge in [-0.2, -0.15) is 0 Å². The maximum atomic E-state index is 13.5. The van der Waals surface area contributed by atoms with E-state index in [0.29, 0.717) is 17.8 Å². The van der Waals surface area contributed by atoms with Gasteiger partial charge in [0.25, 0.3) is 0 Å². The van der Waals surface area contributed by atoms with Crippen LogP contribution in [0.5, 0.6) is 0 Å². The van der Waals surface area contributed by atoms with E-state index >= 15 is 0 Å². The minimum Gasteiger partial charge on any atom is -0.455 e. The quantitative estimate of drug-likeness (QED) is 0.906. The Morgan fingerprint density at radius 3 is 2.78 bits per heavy atom. The lowest BCUT2D eigenvalue weighted by Gasteiger charge is -2.28. The third-order valence-corrected chi connectivity index (χ3v) is 2.96. The Labute approximate surface area is 105 Å². The van der Waals surface area contributed by atoms with Gasteiger partial charge < -0.3 is 14.3 Å². The minimum absolute atomic E-state index is 0.166. The molecule has 1 aromatic carbocycles. The molecule has 0 aliphatic heterocycles. The Balaban J connectivity index is 2.39. The Kier molecular flexibility index (Phi) is 3.41. The molecule has 2 aromatic rings. The molecule has 0 aliphatic carbocycles. The van der Waals surface area contributed by atoms with Crippen molar-refractivity contribution >= 4 is 11.0 Å². The van der Waals surface area contributed by atoms with Crippen molar-refractivity contribution in [2.45, 2.75) is 32.5 Å². The molecule has 0 aliphatic rings. The van der Waals surface area contributed by atoms with E-state index in [1.165, 1.54) is 6.07 Å². The summed E-state index contributed by atoms with van der Waals surface area (Å²) >= 11 is 0. The van der Waals surface area contributed by atoms with Gasteiger partial charge in [-0.15, -0.1) is 0 Å². The summed E-state index contributed by atoms with van der Waals surface area (Å²) in [7, 11) is 0. The van der Waals surface area contributed by atoms with Crippen molar-refractivity contribution in [3.8, 4) is 0 Å². The predicted octanol–water partition coefficient (Wildman–Crippen LogP) is 3.42. The number of para-hydroxylation sites is 1. The van der Waals surface area contributed by atoms with Crippen LogP contribution in [0.25, 0.3) is 11.0 Å². The fraction of sp³-hybridized carbons (Fsp3) is 0.429. The molecule has 98 valence electrons. The van der Waals surface area contributed by atoms with Crippen LogP contribution in [0.2, 0.25) is 0 Å². The fourth-order valence-corrected chi connectivity index (χ4v) is 1.98. The lowest BCUT2D eigenvalue weighted by Crippen LogP contribution is -2.32. The number of aliphatic hydroxyl groups is 1. The number of hydrogen-bond donors (Lipinski definition) is 1. The second-order valence-corrected chi connectivity index (χ2v) is 4.75. The van der Waals surface area contributed by atoms with Crippen LogP contribution < -0.4 is 0 Å². The van der Waals surface area contributed by atoms with Gasteiger partial charge in [0.1, 0.15) is 11.9 Å². The third-order valence-electron chi connectivity index (χ3n) is 2.96. The first kappa shape index (κ1) is 13.1. The van der Waals surface area contributed by atoms with Gasteiger partial charge in [-0.3, -0.25) is 0 Å². The fourth-order valence-electron chi connectivity index (χ4n) is 1.98. The van der Waals surface area contributed by atoms with Crippen molar-refractivity contribution in [3.05, 3.63) is 35.8 Å². The number of furan rings is 1. The average Bonchev–Trinajstić information content (AvgIpc) is 2.73. The van der Waals surface area contributed by atoms with Gasteiger partial charge in [0, 0.05) is 12.0 Å². The maximum Gasteiger partial charge on any atom is 0.170 e. The van der Waals surface area contributed by atoms with E-state index in [1.807, 2.05) is 6.92 Å². The molecule has 0 radical (unpaired) electrons. The van der Waals surface area contributed by atoms with E-state index in [2.05, 4.69) is 0 Å². The van der Waals surface area contributed by atoms with E-state index in [0.717, 1.165) is 0 Å². The molecule has 4 heteroatoms. The van der Waals surface area contributed by atoms with Crippen LogP contribution in [0, 0.1) is 5.82 Å². The minimum atomic E-state index is -0.941. The van der Waals surface area contributed by atoms with Crippen LogP contribution in [0.15, 0.2) is 28.7 Å². The van der Waals surface area contributed by atoms with Crippen LogP contribution in [0.1, 0.15) is 32.6 Å². The van der Waals surface area contributed by atoms with Crippen molar-refractivity contribution in [3.63, 3.8) is 0 Å². The van der Waals surface area contributed by atoms with Crippen molar-refractivity contribution in [1.29, 1.82) is 0 Å². The lowest BCUT2D eigenvalue weighted by molar-refractivity contribution is -0.105. The summed E-state index contributed by atoms with van der Waals surface area (Å²) in [5.41, 5.74) is -0.613. The number of hydrogen-bond acceptors (Lipinski definition) is 3. The summed E-state index contributed by atoms with van der Waals surface area (Å²) in [5.74, 6) is -0.117. The van der Waals surface area contributed by atoms with Gasteiger partial charge in [0.2, 0.25) is 0 Å². The van der Waals surface area contributed by atoms with E-state index in [4.69, 9.17) is 9.15 Å². The van der Waals surface area contributed by atoms with Crippen molar-refractivity contribution in [2.75, 3.05) is 6.61 Å². The molecular weight excluding hydrogens is 235 g/mol. The molecular formula is C14H17FO3. The normalized spacial score (nSPS) is 14.1. The summed E-state index contributed by atoms with van der Waals surface area (Å²) in [5, 5.41) is 10.9. The Hall–Kier alpha value is -1.39. The third kappa shape index (κ3) is 2.26. The Bertz CT molecular complexity index is 545. The lowest BCUT2D eigenvalue weighted by atomic mass is 9.99. The summed E-state index contributed by atoms with van der Waals surface area (Å²) in [6.07, 6.45) is -0.941. The first-order chi connectivity index (χ1) is 8.45. The van der Waals surface area contributed by atoms with Crippen LogP contribution >= 0.6 is 0 Å². The smallest absolute Gasteiger partial charge is 0.170 e. The van der Waals surface area contributed by atoms with E-state index < -0.39 is 17.5 Å². The van der Waals surface area contributed by atoms with Gasteiger partial charge in [-0.1, -0.05) is 12.1 Å². The summed E-state index contributed by atoms with van der Waals surface area (Å²) in [6, 6.07) is 6.32. The molecule has 1 N–H and O–H groups in total. The molecule has 2 rings (SSSR count). The van der Waals surface area contributed by atoms with Crippen LogP contribution in [-0.2, 0) is 4.74 Å². The molecule has 0 amide bonds. The molecule has 0 bridgehead atoms. The zero-order chi connectivity index (χ0) is 13.3. The first-order valence-corrected chi connectivity index (χ1v) is 5.95. The van der Waals surface area contributed by atoms with Crippen LogP contribution in [-0.4, -0.2) is 17.3 Å². The van der Waals surface area contributed by atoms with Crippen molar-refractivity contribution in [2.24, 2.45) is 0 Å². The predicted molar refractivity (Wildman–Crippen MR) is 66.8 cm³/mol. The van der Waals surface area contributed by atoms with E-state index in [-0.39, 0.29) is 5.58 Å². The Morgan fingerprint density at radius 1 is 1.44 bits per heavy atom. The zero-order valence-corrected chi connectivity index (χ0v) is 10.7. The molecule has 1 atom stereocenters. The number of fused-ring (bicyclic) bond motifs is 1. The topological polar surface area (TPSA) is 42.6 Å². The van der Waals surface area contributed by atoms with E-state index in [9.17, 15) is 9.50 Å². The van der Waals surface area contributed by atoms with E-state index in [1.54, 1.807) is 32.0 Å². The summed E-state index contributed by atoms with van der Waals surface area (Å²) < 4.78 is 24.4. The van der Waals surface area contributed by atoms with Gasteiger partial charge >= 0.3 is 0 Å². The standard InChI is InChI=1S/C14H17FO3/c1-4-17-14(2,3)13(16)11-8-9-6-5-7-10(15)12(9)18-11/h5-8,13,16H,4H2,1-3H3. The highest BCUT2D eigenvalue weighted by atomic mass is 19.1. The molecule has 1 unspecified atom stereocenters. The second-order valence-electron chi connectivity index (χ2n) is 4.75. The molecule has 1 aromatic heterocycles. The molecule has 0 spiro atoms. The average molecular weight is 252 g/mol. The SMILES string of the molecule is CCOC(C)(C)C(O)c1cc2cccc(F)c2o1. The number of benzene rings is 1. The van der Waals surface area contributed by atoms with Crippen LogP contribution in [0.3, 0.4) is 0 Å². The second kappa shape index (κ2) is 4.71. The molecule has 0 fully saturated rings. The molecule has 0 saturated heterocycles. The number of rotatable bonds is 4. The largest absolute Gasteiger partial charge is 0.455 e. The first-order valence-electron chi connectivity index (χ1n) is 5.95. The monoisotopic (exact) mass is 252 g/mol. The van der Waals surface area contributed by atoms with Gasteiger partial charge in [-0.05, 0) is 32.9 Å². The summed E-state index contributed by atoms with van der Waals surface area (Å²) in [4.78, 5) is 0. The summed E-state index contributed by atoms with van der Waals surface area (Å²) in [6.45, 7) is 5.88. The highest BCUT2D eigenvalue weighted by molar-refractivity contribution is 5.78. The maximum absolute atomic E-state index is 13.5. The van der Waals surface area contributed by atoms with Gasteiger partial charge in [0.05, 0.1) is 5.60 Å². The number of ether oxygens (including phenoxy) is 1. The molecule has 1 heterocycles. The van der Waals surface area contributed by atoms with Crippen molar-refractivity contribution < 1.29 is 18.7 Å². The van der Waals surface area contributed by atoms with Gasteiger partial charge in [0.15, 0.2) is 11.4 Å². The van der Waals surface area contributed by atoms with Crippen molar-refractivity contribution in [1.82, 2.24) is 0 Å². The van der Waals surface area contributed by atoms with Gasteiger partial charge in [-0.25, -0.2) is 4.39 Å². The highest BCUT2D eigenvalue weighted by Crippen LogP contribution is 2.33. The highest BCUT2D eigenvalue weighted by Gasteiger charge is 2.32. The van der Waals surface area contributed by atoms with Crippen LogP contribution in [0.4, 0.5) is 4.39 Å². The molecule has 18 heavy (non-hydrogen) atoms. The number of halogens is 1. The molecule has 3 nitrogen and oxygen atoms in total. The number of aliphatic hydroxyl groups excluding tert-OH is 1. The zero-order valence-electron chi connectivity index (χ0n) is 10.7. The molecule has 0 saturated carbocycles. The Morgan fingerprint density at radius 2 is 2.17 bits per heavy atom.